The number of benzene rings is 2. The molecular formula is C18H18N2O. The Morgan fingerprint density at radius 3 is 2.48 bits per heavy atom. The van der Waals surface area contributed by atoms with Crippen LogP contribution in [0.4, 0.5) is 0 Å². The van der Waals surface area contributed by atoms with Crippen molar-refractivity contribution in [3.05, 3.63) is 71.3 Å². The number of carbonyl (C=O) groups is 1. The molecular weight excluding hydrogens is 260 g/mol. The summed E-state index contributed by atoms with van der Waals surface area (Å²) in [7, 11) is 0. The van der Waals surface area contributed by atoms with E-state index in [4.69, 9.17) is 0 Å². The maximum Gasteiger partial charge on any atom is 0.241 e. The minimum absolute atomic E-state index is 0.0311. The molecule has 0 spiro atoms. The molecule has 106 valence electrons. The molecule has 2 aliphatic rings. The first-order valence-corrected chi connectivity index (χ1v) is 7.45. The molecule has 0 unspecified atom stereocenters. The van der Waals surface area contributed by atoms with E-state index in [0.717, 1.165) is 19.6 Å². The van der Waals surface area contributed by atoms with Gasteiger partial charge in [0.25, 0.3) is 0 Å². The van der Waals surface area contributed by atoms with Gasteiger partial charge in [-0.3, -0.25) is 9.69 Å². The highest BCUT2D eigenvalue weighted by molar-refractivity contribution is 5.84. The van der Waals surface area contributed by atoms with E-state index in [1.165, 1.54) is 16.7 Å². The topological polar surface area (TPSA) is 23.6 Å². The van der Waals surface area contributed by atoms with Gasteiger partial charge in [-0.05, 0) is 23.1 Å². The van der Waals surface area contributed by atoms with Crippen LogP contribution in [0.2, 0.25) is 0 Å². The second-order valence-electron chi connectivity index (χ2n) is 5.90. The summed E-state index contributed by atoms with van der Waals surface area (Å²) in [6.45, 7) is 2.34. The van der Waals surface area contributed by atoms with Crippen molar-refractivity contribution in [2.75, 3.05) is 6.67 Å². The average molecular weight is 278 g/mol. The summed E-state index contributed by atoms with van der Waals surface area (Å²) in [6, 6.07) is 18.7. The molecule has 0 saturated carbocycles. The van der Waals surface area contributed by atoms with Crippen LogP contribution < -0.4 is 0 Å². The van der Waals surface area contributed by atoms with Crippen molar-refractivity contribution in [1.29, 1.82) is 0 Å². The number of hydrogen-bond donors (Lipinski definition) is 0. The molecule has 21 heavy (non-hydrogen) atoms. The van der Waals surface area contributed by atoms with Gasteiger partial charge < -0.3 is 4.90 Å². The fourth-order valence-corrected chi connectivity index (χ4v) is 3.40. The molecule has 1 saturated heterocycles. The maximum atomic E-state index is 12.6. The standard InChI is InChI=1S/C18H18N2O/c21-18-17-10-15-8-4-5-9-16(15)12-19(17)13-20(18)11-14-6-2-1-3-7-14/h1-9,17H,10-13H2/t17-/m0/s1. The molecule has 0 N–H and O–H groups in total. The van der Waals surface area contributed by atoms with E-state index >= 15 is 0 Å². The number of amides is 1. The van der Waals surface area contributed by atoms with Gasteiger partial charge in [0, 0.05) is 13.1 Å². The van der Waals surface area contributed by atoms with Gasteiger partial charge in [-0.25, -0.2) is 0 Å². The van der Waals surface area contributed by atoms with Crippen molar-refractivity contribution in [1.82, 2.24) is 9.80 Å². The lowest BCUT2D eigenvalue weighted by atomic mass is 9.95. The minimum atomic E-state index is 0.0311. The molecule has 0 aromatic heterocycles. The predicted octanol–water partition coefficient (Wildman–Crippen LogP) is 2.41. The third-order valence-electron chi connectivity index (χ3n) is 4.51. The van der Waals surface area contributed by atoms with E-state index in [9.17, 15) is 4.79 Å². The number of rotatable bonds is 2. The molecule has 2 aliphatic heterocycles. The summed E-state index contributed by atoms with van der Waals surface area (Å²) < 4.78 is 0. The largest absolute Gasteiger partial charge is 0.324 e. The van der Waals surface area contributed by atoms with Crippen molar-refractivity contribution in [3.63, 3.8) is 0 Å². The van der Waals surface area contributed by atoms with Gasteiger partial charge in [0.1, 0.15) is 0 Å². The van der Waals surface area contributed by atoms with E-state index < -0.39 is 0 Å². The van der Waals surface area contributed by atoms with E-state index in [-0.39, 0.29) is 11.9 Å². The monoisotopic (exact) mass is 278 g/mol. The van der Waals surface area contributed by atoms with Crippen LogP contribution in [-0.2, 0) is 24.3 Å². The Morgan fingerprint density at radius 1 is 0.952 bits per heavy atom. The van der Waals surface area contributed by atoms with E-state index in [0.29, 0.717) is 6.54 Å². The molecule has 2 aromatic carbocycles. The van der Waals surface area contributed by atoms with Crippen molar-refractivity contribution in [3.8, 4) is 0 Å². The highest BCUT2D eigenvalue weighted by atomic mass is 16.2. The molecule has 3 heteroatoms. The molecule has 2 heterocycles. The molecule has 1 amide bonds. The zero-order chi connectivity index (χ0) is 14.2. The Labute approximate surface area is 124 Å². The summed E-state index contributed by atoms with van der Waals surface area (Å²) >= 11 is 0. The van der Waals surface area contributed by atoms with Crippen LogP contribution in [0.25, 0.3) is 0 Å². The van der Waals surface area contributed by atoms with Gasteiger partial charge in [-0.1, -0.05) is 54.6 Å². The Bertz CT molecular complexity index is 668. The number of fused-ring (bicyclic) bond motifs is 2. The maximum absolute atomic E-state index is 12.6. The molecule has 0 bridgehead atoms. The molecule has 0 radical (unpaired) electrons. The summed E-state index contributed by atoms with van der Waals surface area (Å²) in [4.78, 5) is 16.9. The summed E-state index contributed by atoms with van der Waals surface area (Å²) in [5, 5.41) is 0. The van der Waals surface area contributed by atoms with Crippen LogP contribution in [0.3, 0.4) is 0 Å². The average Bonchev–Trinajstić information content (AvgIpc) is 2.82. The Kier molecular flexibility index (Phi) is 3.00. The van der Waals surface area contributed by atoms with Crippen LogP contribution in [-0.4, -0.2) is 28.4 Å². The summed E-state index contributed by atoms with van der Waals surface area (Å²) in [5.74, 6) is 0.272. The molecule has 0 aliphatic carbocycles. The lowest BCUT2D eigenvalue weighted by molar-refractivity contribution is -0.129. The molecule has 3 nitrogen and oxygen atoms in total. The Balaban J connectivity index is 1.54. The number of carbonyl (C=O) groups excluding carboxylic acids is 1. The number of nitrogens with zero attached hydrogens (tertiary/aromatic N) is 2. The van der Waals surface area contributed by atoms with Gasteiger partial charge in [0.05, 0.1) is 12.7 Å². The first kappa shape index (κ1) is 12.6. The third kappa shape index (κ3) is 2.24. The van der Waals surface area contributed by atoms with Gasteiger partial charge >= 0.3 is 0 Å². The Hall–Kier alpha value is -2.13. The lowest BCUT2D eigenvalue weighted by Gasteiger charge is -2.28. The highest BCUT2D eigenvalue weighted by Gasteiger charge is 2.40. The first-order valence-electron chi connectivity index (χ1n) is 7.45. The number of hydrogen-bond acceptors (Lipinski definition) is 2. The van der Waals surface area contributed by atoms with Gasteiger partial charge in [-0.15, -0.1) is 0 Å². The van der Waals surface area contributed by atoms with E-state index in [1.807, 2.05) is 23.1 Å². The van der Waals surface area contributed by atoms with Gasteiger partial charge in [-0.2, -0.15) is 0 Å². The van der Waals surface area contributed by atoms with Gasteiger partial charge in [0.2, 0.25) is 5.91 Å². The highest BCUT2D eigenvalue weighted by Crippen LogP contribution is 2.29. The second kappa shape index (κ2) is 5.01. The van der Waals surface area contributed by atoms with Crippen LogP contribution in [0.1, 0.15) is 16.7 Å². The summed E-state index contributed by atoms with van der Waals surface area (Å²) in [6.07, 6.45) is 0.848. The predicted molar refractivity (Wildman–Crippen MR) is 81.3 cm³/mol. The van der Waals surface area contributed by atoms with Crippen molar-refractivity contribution >= 4 is 5.91 Å². The van der Waals surface area contributed by atoms with Crippen molar-refractivity contribution in [2.24, 2.45) is 0 Å². The summed E-state index contributed by atoms with van der Waals surface area (Å²) in [5.41, 5.74) is 3.89. The third-order valence-corrected chi connectivity index (χ3v) is 4.51. The molecule has 4 rings (SSSR count). The SMILES string of the molecule is O=C1[C@@H]2Cc3ccccc3CN2CN1Cc1ccccc1. The molecule has 1 fully saturated rings. The smallest absolute Gasteiger partial charge is 0.241 e. The quantitative estimate of drug-likeness (QED) is 0.842. The van der Waals surface area contributed by atoms with Crippen molar-refractivity contribution < 1.29 is 4.79 Å². The van der Waals surface area contributed by atoms with Gasteiger partial charge in [0.15, 0.2) is 0 Å². The molecule has 1 atom stereocenters. The zero-order valence-electron chi connectivity index (χ0n) is 11.9. The minimum Gasteiger partial charge on any atom is -0.324 e. The van der Waals surface area contributed by atoms with Crippen LogP contribution >= 0.6 is 0 Å². The first-order chi connectivity index (χ1) is 10.3. The molecule has 2 aromatic rings. The fourth-order valence-electron chi connectivity index (χ4n) is 3.40. The fraction of sp³-hybridized carbons (Fsp3) is 0.278. The van der Waals surface area contributed by atoms with Crippen LogP contribution in [0, 0.1) is 0 Å². The Morgan fingerprint density at radius 2 is 1.67 bits per heavy atom. The van der Waals surface area contributed by atoms with Crippen LogP contribution in [0.15, 0.2) is 54.6 Å². The second-order valence-corrected chi connectivity index (χ2v) is 5.90. The van der Waals surface area contributed by atoms with Crippen LogP contribution in [0.5, 0.6) is 0 Å². The normalized spacial score (nSPS) is 21.2. The van der Waals surface area contributed by atoms with E-state index in [1.54, 1.807) is 0 Å². The zero-order valence-corrected chi connectivity index (χ0v) is 11.9. The van der Waals surface area contributed by atoms with Crippen molar-refractivity contribution in [2.45, 2.75) is 25.6 Å². The van der Waals surface area contributed by atoms with E-state index in [2.05, 4.69) is 41.3 Å². The lowest BCUT2D eigenvalue weighted by Crippen LogP contribution is -2.38.